The Balaban J connectivity index is 1.66. The fraction of sp³-hybridized carbons (Fsp3) is 0.444. The number of hydrogen-bond acceptors (Lipinski definition) is 4. The van der Waals surface area contributed by atoms with Crippen LogP contribution in [-0.2, 0) is 11.3 Å². The van der Waals surface area contributed by atoms with Crippen molar-refractivity contribution in [3.05, 3.63) is 41.9 Å². The lowest BCUT2D eigenvalue weighted by Crippen LogP contribution is -2.39. The topological polar surface area (TPSA) is 66.6 Å². The van der Waals surface area contributed by atoms with E-state index in [2.05, 4.69) is 10.1 Å². The van der Waals surface area contributed by atoms with E-state index in [0.29, 0.717) is 18.7 Å². The number of carbonyl (C=O) groups is 1. The number of aliphatic carboxylic acids is 1. The van der Waals surface area contributed by atoms with Crippen molar-refractivity contribution in [1.29, 1.82) is 0 Å². The highest BCUT2D eigenvalue weighted by molar-refractivity contribution is 5.66. The van der Waals surface area contributed by atoms with Crippen molar-refractivity contribution in [2.45, 2.75) is 44.7 Å². The lowest BCUT2D eigenvalue weighted by atomic mass is 9.98. The van der Waals surface area contributed by atoms with E-state index < -0.39 is 5.97 Å². The molecule has 1 unspecified atom stereocenters. The van der Waals surface area contributed by atoms with Gasteiger partial charge in [0.2, 0.25) is 0 Å². The fourth-order valence-corrected chi connectivity index (χ4v) is 3.23. The fourth-order valence-electron chi connectivity index (χ4n) is 3.23. The first-order chi connectivity index (χ1) is 11.6. The molecule has 6 heteroatoms. The van der Waals surface area contributed by atoms with Crippen LogP contribution in [0.3, 0.4) is 0 Å². The number of hydrogen-bond donors (Lipinski definition) is 1. The second kappa shape index (κ2) is 7.57. The van der Waals surface area contributed by atoms with Crippen LogP contribution in [0.5, 0.6) is 0 Å². The molecule has 24 heavy (non-hydrogen) atoms. The van der Waals surface area contributed by atoms with E-state index in [9.17, 15) is 9.18 Å². The van der Waals surface area contributed by atoms with E-state index in [1.807, 2.05) is 6.07 Å². The first-order valence-corrected chi connectivity index (χ1v) is 8.29. The summed E-state index contributed by atoms with van der Waals surface area (Å²) in [5.74, 6) is -0.285. The van der Waals surface area contributed by atoms with E-state index >= 15 is 0 Å². The van der Waals surface area contributed by atoms with E-state index in [4.69, 9.17) is 9.63 Å². The standard InChI is InChI=1S/C18H21FN2O3/c19-14-6-4-13(5-7-14)17-11-16(24-20-17)12-21-10-2-1-3-15(21)8-9-18(22)23/h4-7,11,15H,1-3,8-10,12H2,(H,22,23). The number of benzene rings is 1. The van der Waals surface area contributed by atoms with E-state index in [-0.39, 0.29) is 18.3 Å². The van der Waals surface area contributed by atoms with Gasteiger partial charge in [-0.05, 0) is 50.1 Å². The molecule has 1 atom stereocenters. The summed E-state index contributed by atoms with van der Waals surface area (Å²) < 4.78 is 18.4. The maximum absolute atomic E-state index is 13.0. The van der Waals surface area contributed by atoms with Crippen molar-refractivity contribution in [2.24, 2.45) is 0 Å². The summed E-state index contributed by atoms with van der Waals surface area (Å²) in [6.45, 7) is 1.56. The van der Waals surface area contributed by atoms with Crippen molar-refractivity contribution >= 4 is 5.97 Å². The number of rotatable bonds is 6. The number of likely N-dealkylation sites (tertiary alicyclic amines) is 1. The lowest BCUT2D eigenvalue weighted by molar-refractivity contribution is -0.137. The monoisotopic (exact) mass is 332 g/mol. The summed E-state index contributed by atoms with van der Waals surface area (Å²) in [6.07, 6.45) is 4.12. The smallest absolute Gasteiger partial charge is 0.303 e. The molecule has 1 fully saturated rings. The van der Waals surface area contributed by atoms with Crippen LogP contribution in [-0.4, -0.2) is 33.7 Å². The molecule has 1 aromatic carbocycles. The van der Waals surface area contributed by atoms with Crippen LogP contribution < -0.4 is 0 Å². The van der Waals surface area contributed by atoms with Gasteiger partial charge in [-0.25, -0.2) is 4.39 Å². The van der Waals surface area contributed by atoms with Crippen LogP contribution in [0.2, 0.25) is 0 Å². The van der Waals surface area contributed by atoms with Crippen LogP contribution in [0.1, 0.15) is 37.9 Å². The Bertz CT molecular complexity index is 684. The average molecular weight is 332 g/mol. The van der Waals surface area contributed by atoms with Crippen LogP contribution >= 0.6 is 0 Å². The number of carboxylic acid groups (broad SMARTS) is 1. The van der Waals surface area contributed by atoms with Gasteiger partial charge >= 0.3 is 5.97 Å². The lowest BCUT2D eigenvalue weighted by Gasteiger charge is -2.34. The number of carboxylic acids is 1. The summed E-state index contributed by atoms with van der Waals surface area (Å²) >= 11 is 0. The van der Waals surface area contributed by atoms with Crippen LogP contribution in [0.25, 0.3) is 11.3 Å². The Kier molecular flexibility index (Phi) is 5.25. The largest absolute Gasteiger partial charge is 0.481 e. The molecule has 3 rings (SSSR count). The molecule has 0 aliphatic carbocycles. The van der Waals surface area contributed by atoms with Crippen LogP contribution in [0.15, 0.2) is 34.9 Å². The molecule has 1 saturated heterocycles. The molecule has 1 aliphatic heterocycles. The molecular formula is C18H21FN2O3. The van der Waals surface area contributed by atoms with Gasteiger partial charge in [0.05, 0.1) is 6.54 Å². The maximum atomic E-state index is 13.0. The van der Waals surface area contributed by atoms with Gasteiger partial charge in [0.1, 0.15) is 11.5 Å². The normalized spacial score (nSPS) is 18.6. The molecule has 0 spiro atoms. The number of halogens is 1. The first kappa shape index (κ1) is 16.6. The SMILES string of the molecule is O=C(O)CCC1CCCCN1Cc1cc(-c2ccc(F)cc2)no1. The maximum Gasteiger partial charge on any atom is 0.303 e. The highest BCUT2D eigenvalue weighted by Gasteiger charge is 2.24. The second-order valence-electron chi connectivity index (χ2n) is 6.24. The Hall–Kier alpha value is -2.21. The zero-order chi connectivity index (χ0) is 16.9. The van der Waals surface area contributed by atoms with Crippen molar-refractivity contribution in [1.82, 2.24) is 10.1 Å². The number of piperidine rings is 1. The molecule has 0 amide bonds. The Labute approximate surface area is 140 Å². The Morgan fingerprint density at radius 2 is 2.12 bits per heavy atom. The number of nitrogens with zero attached hydrogens (tertiary/aromatic N) is 2. The molecule has 0 saturated carbocycles. The molecule has 1 N–H and O–H groups in total. The summed E-state index contributed by atoms with van der Waals surface area (Å²) in [5, 5.41) is 13.0. The summed E-state index contributed by atoms with van der Waals surface area (Å²) in [5.41, 5.74) is 1.50. The highest BCUT2D eigenvalue weighted by Crippen LogP contribution is 2.25. The minimum absolute atomic E-state index is 0.193. The third kappa shape index (κ3) is 4.20. The van der Waals surface area contributed by atoms with Gasteiger partial charge in [0.25, 0.3) is 0 Å². The summed E-state index contributed by atoms with van der Waals surface area (Å²) in [4.78, 5) is 13.1. The molecule has 0 radical (unpaired) electrons. The van der Waals surface area contributed by atoms with Gasteiger partial charge in [0.15, 0.2) is 5.76 Å². The Morgan fingerprint density at radius 1 is 1.33 bits per heavy atom. The predicted molar refractivity (Wildman–Crippen MR) is 86.8 cm³/mol. The van der Waals surface area contributed by atoms with Crippen molar-refractivity contribution in [3.8, 4) is 11.3 Å². The Morgan fingerprint density at radius 3 is 2.88 bits per heavy atom. The first-order valence-electron chi connectivity index (χ1n) is 8.29. The van der Waals surface area contributed by atoms with Gasteiger partial charge in [-0.15, -0.1) is 0 Å². The third-order valence-electron chi connectivity index (χ3n) is 4.50. The minimum atomic E-state index is -0.751. The van der Waals surface area contributed by atoms with Gasteiger partial charge in [-0.2, -0.15) is 0 Å². The molecule has 0 bridgehead atoms. The quantitative estimate of drug-likeness (QED) is 0.873. The molecule has 128 valence electrons. The molecule has 5 nitrogen and oxygen atoms in total. The van der Waals surface area contributed by atoms with Crippen LogP contribution in [0, 0.1) is 5.82 Å². The van der Waals surface area contributed by atoms with Crippen molar-refractivity contribution in [3.63, 3.8) is 0 Å². The van der Waals surface area contributed by atoms with Gasteiger partial charge in [0, 0.05) is 24.1 Å². The molecule has 1 aromatic heterocycles. The molecule has 2 aromatic rings. The van der Waals surface area contributed by atoms with E-state index in [1.165, 1.54) is 12.1 Å². The highest BCUT2D eigenvalue weighted by atomic mass is 19.1. The van der Waals surface area contributed by atoms with Crippen molar-refractivity contribution < 1.29 is 18.8 Å². The summed E-state index contributed by atoms with van der Waals surface area (Å²) in [6, 6.07) is 8.29. The van der Waals surface area contributed by atoms with E-state index in [1.54, 1.807) is 12.1 Å². The summed E-state index contributed by atoms with van der Waals surface area (Å²) in [7, 11) is 0. The third-order valence-corrected chi connectivity index (χ3v) is 4.50. The number of aromatic nitrogens is 1. The van der Waals surface area contributed by atoms with Gasteiger partial charge in [-0.3, -0.25) is 9.69 Å². The van der Waals surface area contributed by atoms with Gasteiger partial charge in [-0.1, -0.05) is 11.6 Å². The molecular weight excluding hydrogens is 311 g/mol. The molecule has 2 heterocycles. The predicted octanol–water partition coefficient (Wildman–Crippen LogP) is 3.70. The average Bonchev–Trinajstić information content (AvgIpc) is 3.03. The van der Waals surface area contributed by atoms with Gasteiger partial charge < -0.3 is 9.63 Å². The van der Waals surface area contributed by atoms with E-state index in [0.717, 1.165) is 37.1 Å². The van der Waals surface area contributed by atoms with Crippen molar-refractivity contribution in [2.75, 3.05) is 6.54 Å². The van der Waals surface area contributed by atoms with Crippen LogP contribution in [0.4, 0.5) is 4.39 Å². The zero-order valence-corrected chi connectivity index (χ0v) is 13.4. The molecule has 1 aliphatic rings. The second-order valence-corrected chi connectivity index (χ2v) is 6.24. The zero-order valence-electron chi connectivity index (χ0n) is 13.4. The minimum Gasteiger partial charge on any atom is -0.481 e.